The van der Waals surface area contributed by atoms with E-state index in [1.54, 1.807) is 6.07 Å². The zero-order chi connectivity index (χ0) is 13.9. The molecular formula is C13H15F2N3O. The summed E-state index contributed by atoms with van der Waals surface area (Å²) in [6.45, 7) is 0. The fourth-order valence-corrected chi connectivity index (χ4v) is 2.56. The van der Waals surface area contributed by atoms with Crippen LogP contribution in [0.25, 0.3) is 10.4 Å². The Morgan fingerprint density at radius 3 is 2.58 bits per heavy atom. The zero-order valence-corrected chi connectivity index (χ0v) is 10.3. The molecular weight excluding hydrogens is 252 g/mol. The SMILES string of the molecule is [N-]=[N+]=NC(c1ccccc1F)C1(O)CCC(F)CC1. The molecule has 1 fully saturated rings. The molecule has 1 atom stereocenters. The minimum absolute atomic E-state index is 0.153. The number of benzene rings is 1. The Morgan fingerprint density at radius 2 is 2.00 bits per heavy atom. The van der Waals surface area contributed by atoms with Crippen molar-refractivity contribution in [1.82, 2.24) is 0 Å². The van der Waals surface area contributed by atoms with Gasteiger partial charge in [0.2, 0.25) is 0 Å². The van der Waals surface area contributed by atoms with E-state index in [-0.39, 0.29) is 31.2 Å². The summed E-state index contributed by atoms with van der Waals surface area (Å²) in [5, 5.41) is 14.1. The van der Waals surface area contributed by atoms with E-state index in [1.807, 2.05) is 0 Å². The molecule has 1 aromatic carbocycles. The molecule has 0 radical (unpaired) electrons. The molecule has 2 rings (SSSR count). The van der Waals surface area contributed by atoms with Crippen LogP contribution in [-0.2, 0) is 0 Å². The molecule has 0 amide bonds. The summed E-state index contributed by atoms with van der Waals surface area (Å²) in [5.74, 6) is -0.532. The van der Waals surface area contributed by atoms with Crippen LogP contribution in [0.4, 0.5) is 8.78 Å². The first-order valence-corrected chi connectivity index (χ1v) is 6.22. The number of hydrogen-bond acceptors (Lipinski definition) is 2. The Bertz CT molecular complexity index is 494. The molecule has 6 heteroatoms. The molecule has 1 saturated carbocycles. The highest BCUT2D eigenvalue weighted by molar-refractivity contribution is 5.25. The van der Waals surface area contributed by atoms with Crippen molar-refractivity contribution >= 4 is 0 Å². The van der Waals surface area contributed by atoms with Crippen LogP contribution in [0.3, 0.4) is 0 Å². The molecule has 0 aromatic heterocycles. The van der Waals surface area contributed by atoms with Gasteiger partial charge in [-0.15, -0.1) is 0 Å². The molecule has 0 heterocycles. The molecule has 0 saturated heterocycles. The van der Waals surface area contributed by atoms with Crippen LogP contribution in [-0.4, -0.2) is 16.9 Å². The maximum Gasteiger partial charge on any atom is 0.126 e. The number of rotatable bonds is 3. The third kappa shape index (κ3) is 2.85. The Labute approximate surface area is 109 Å². The van der Waals surface area contributed by atoms with E-state index in [0.717, 1.165) is 0 Å². The van der Waals surface area contributed by atoms with Crippen molar-refractivity contribution in [2.75, 3.05) is 0 Å². The third-order valence-corrected chi connectivity index (χ3v) is 3.66. The molecule has 0 spiro atoms. The summed E-state index contributed by atoms with van der Waals surface area (Å²) in [6.07, 6.45) is -0.240. The van der Waals surface area contributed by atoms with E-state index in [1.165, 1.54) is 18.2 Å². The van der Waals surface area contributed by atoms with Gasteiger partial charge in [-0.3, -0.25) is 0 Å². The first-order valence-electron chi connectivity index (χ1n) is 6.22. The lowest BCUT2D eigenvalue weighted by atomic mass is 9.76. The van der Waals surface area contributed by atoms with Crippen molar-refractivity contribution in [3.05, 3.63) is 46.1 Å². The average molecular weight is 267 g/mol. The molecule has 1 aromatic rings. The minimum atomic E-state index is -1.38. The van der Waals surface area contributed by atoms with Crippen molar-refractivity contribution in [1.29, 1.82) is 0 Å². The molecule has 1 unspecified atom stereocenters. The van der Waals surface area contributed by atoms with E-state index in [9.17, 15) is 13.9 Å². The van der Waals surface area contributed by atoms with E-state index in [4.69, 9.17) is 5.53 Å². The number of azide groups is 1. The highest BCUT2D eigenvalue weighted by Crippen LogP contribution is 2.42. The Hall–Kier alpha value is -1.65. The number of alkyl halides is 1. The van der Waals surface area contributed by atoms with Crippen LogP contribution in [0.1, 0.15) is 37.3 Å². The fraction of sp³-hybridized carbons (Fsp3) is 0.538. The third-order valence-electron chi connectivity index (χ3n) is 3.66. The Kier molecular flexibility index (Phi) is 4.02. The second-order valence-electron chi connectivity index (χ2n) is 4.91. The fourth-order valence-electron chi connectivity index (χ4n) is 2.56. The smallest absolute Gasteiger partial charge is 0.126 e. The average Bonchev–Trinajstić information content (AvgIpc) is 2.41. The van der Waals surface area contributed by atoms with Crippen molar-refractivity contribution in [3.8, 4) is 0 Å². The van der Waals surface area contributed by atoms with Crippen molar-refractivity contribution in [2.24, 2.45) is 5.11 Å². The standard InChI is InChI=1S/C13H15F2N3O/c14-9-5-7-13(19,8-6-9)12(17-18-16)10-3-1-2-4-11(10)15/h1-4,9,12,19H,5-8H2. The van der Waals surface area contributed by atoms with Crippen LogP contribution in [0.5, 0.6) is 0 Å². The number of nitrogens with zero attached hydrogens (tertiary/aromatic N) is 3. The molecule has 1 aliphatic rings. The predicted molar refractivity (Wildman–Crippen MR) is 66.6 cm³/mol. The number of hydrogen-bond donors (Lipinski definition) is 1. The molecule has 19 heavy (non-hydrogen) atoms. The topological polar surface area (TPSA) is 69.0 Å². The Balaban J connectivity index is 2.35. The minimum Gasteiger partial charge on any atom is -0.389 e. The van der Waals surface area contributed by atoms with Gasteiger partial charge in [-0.05, 0) is 42.8 Å². The molecule has 0 aliphatic heterocycles. The van der Waals surface area contributed by atoms with Crippen LogP contribution in [0, 0.1) is 5.82 Å². The van der Waals surface area contributed by atoms with Crippen LogP contribution < -0.4 is 0 Å². The first-order chi connectivity index (χ1) is 9.07. The van der Waals surface area contributed by atoms with E-state index in [2.05, 4.69) is 10.0 Å². The lowest BCUT2D eigenvalue weighted by Crippen LogP contribution is -2.40. The summed E-state index contributed by atoms with van der Waals surface area (Å²) in [6, 6.07) is 4.84. The zero-order valence-electron chi connectivity index (χ0n) is 10.3. The Morgan fingerprint density at radius 1 is 1.37 bits per heavy atom. The lowest BCUT2D eigenvalue weighted by molar-refractivity contribution is -0.0369. The van der Waals surface area contributed by atoms with E-state index in [0.29, 0.717) is 0 Å². The van der Waals surface area contributed by atoms with Gasteiger partial charge < -0.3 is 5.11 Å². The normalized spacial score (nSPS) is 28.5. The summed E-state index contributed by atoms with van der Waals surface area (Å²) >= 11 is 0. The van der Waals surface area contributed by atoms with Crippen LogP contribution in [0.2, 0.25) is 0 Å². The van der Waals surface area contributed by atoms with Gasteiger partial charge in [0.15, 0.2) is 0 Å². The largest absolute Gasteiger partial charge is 0.389 e. The van der Waals surface area contributed by atoms with Gasteiger partial charge in [-0.25, -0.2) is 8.78 Å². The maximum absolute atomic E-state index is 13.8. The van der Waals surface area contributed by atoms with Gasteiger partial charge in [-0.2, -0.15) is 0 Å². The van der Waals surface area contributed by atoms with Gasteiger partial charge >= 0.3 is 0 Å². The molecule has 4 nitrogen and oxygen atoms in total. The van der Waals surface area contributed by atoms with Crippen molar-refractivity contribution in [3.63, 3.8) is 0 Å². The number of halogens is 2. The summed E-state index contributed by atoms with van der Waals surface area (Å²) in [5.41, 5.74) is 7.41. The molecule has 1 aliphatic carbocycles. The van der Waals surface area contributed by atoms with E-state index >= 15 is 0 Å². The van der Waals surface area contributed by atoms with Gasteiger partial charge in [0.1, 0.15) is 12.0 Å². The quantitative estimate of drug-likeness (QED) is 0.505. The predicted octanol–water partition coefficient (Wildman–Crippen LogP) is 3.82. The van der Waals surface area contributed by atoms with Gasteiger partial charge in [-0.1, -0.05) is 23.3 Å². The van der Waals surface area contributed by atoms with Crippen molar-refractivity contribution < 1.29 is 13.9 Å². The van der Waals surface area contributed by atoms with Crippen molar-refractivity contribution in [2.45, 2.75) is 43.5 Å². The second-order valence-corrected chi connectivity index (χ2v) is 4.91. The summed E-state index contributed by atoms with van der Waals surface area (Å²) in [4.78, 5) is 2.70. The summed E-state index contributed by atoms with van der Waals surface area (Å²) in [7, 11) is 0. The van der Waals surface area contributed by atoms with Gasteiger partial charge in [0.25, 0.3) is 0 Å². The van der Waals surface area contributed by atoms with Gasteiger partial charge in [0.05, 0.1) is 11.6 Å². The van der Waals surface area contributed by atoms with Crippen LogP contribution >= 0.6 is 0 Å². The first kappa shape index (κ1) is 13.8. The lowest BCUT2D eigenvalue weighted by Gasteiger charge is -2.38. The van der Waals surface area contributed by atoms with E-state index < -0.39 is 23.6 Å². The monoisotopic (exact) mass is 267 g/mol. The highest BCUT2D eigenvalue weighted by Gasteiger charge is 2.41. The highest BCUT2D eigenvalue weighted by atomic mass is 19.1. The van der Waals surface area contributed by atoms with Crippen LogP contribution in [0.15, 0.2) is 29.4 Å². The maximum atomic E-state index is 13.8. The molecule has 0 bridgehead atoms. The summed E-state index contributed by atoms with van der Waals surface area (Å²) < 4.78 is 27.0. The number of aliphatic hydroxyl groups is 1. The second kappa shape index (κ2) is 5.55. The molecule has 1 N–H and O–H groups in total. The van der Waals surface area contributed by atoms with Gasteiger partial charge in [0, 0.05) is 4.91 Å². The molecule has 102 valence electrons.